The number of pyridine rings is 1. The SMILES string of the molecule is CNC(C)c1cn(C)c(=O)c2cc(F)ccc12. The summed E-state index contributed by atoms with van der Waals surface area (Å²) >= 11 is 0. The van der Waals surface area contributed by atoms with E-state index in [-0.39, 0.29) is 17.4 Å². The molecule has 1 heterocycles. The van der Waals surface area contributed by atoms with E-state index < -0.39 is 0 Å². The molecule has 0 fully saturated rings. The molecule has 0 aliphatic carbocycles. The largest absolute Gasteiger partial charge is 0.318 e. The van der Waals surface area contributed by atoms with Crippen LogP contribution in [0.3, 0.4) is 0 Å². The minimum absolute atomic E-state index is 0.106. The number of rotatable bonds is 2. The third-order valence-corrected chi connectivity index (χ3v) is 3.08. The average Bonchev–Trinajstić information content (AvgIpc) is 2.33. The summed E-state index contributed by atoms with van der Waals surface area (Å²) in [6.45, 7) is 2.00. The second-order valence-corrected chi connectivity index (χ2v) is 4.20. The molecule has 1 aromatic carbocycles. The van der Waals surface area contributed by atoms with Gasteiger partial charge in [0.05, 0.1) is 5.39 Å². The zero-order chi connectivity index (χ0) is 12.6. The van der Waals surface area contributed by atoms with Gasteiger partial charge in [0.25, 0.3) is 5.56 Å². The van der Waals surface area contributed by atoms with Crippen LogP contribution in [0, 0.1) is 5.82 Å². The lowest BCUT2D eigenvalue weighted by Gasteiger charge is -2.15. The van der Waals surface area contributed by atoms with Crippen molar-refractivity contribution >= 4 is 10.8 Å². The molecule has 0 amide bonds. The molecule has 0 bridgehead atoms. The monoisotopic (exact) mass is 234 g/mol. The van der Waals surface area contributed by atoms with E-state index >= 15 is 0 Å². The Morgan fingerprint density at radius 2 is 2.06 bits per heavy atom. The second-order valence-electron chi connectivity index (χ2n) is 4.20. The summed E-state index contributed by atoms with van der Waals surface area (Å²) in [5, 5.41) is 4.35. The van der Waals surface area contributed by atoms with E-state index in [0.717, 1.165) is 10.9 Å². The quantitative estimate of drug-likeness (QED) is 0.861. The zero-order valence-corrected chi connectivity index (χ0v) is 10.1. The van der Waals surface area contributed by atoms with Crippen LogP contribution in [-0.2, 0) is 7.05 Å². The van der Waals surface area contributed by atoms with Gasteiger partial charge < -0.3 is 9.88 Å². The summed E-state index contributed by atoms with van der Waals surface area (Å²) in [4.78, 5) is 11.9. The molecule has 4 heteroatoms. The van der Waals surface area contributed by atoms with Crippen molar-refractivity contribution in [3.8, 4) is 0 Å². The van der Waals surface area contributed by atoms with Gasteiger partial charge in [-0.3, -0.25) is 4.79 Å². The van der Waals surface area contributed by atoms with Crippen molar-refractivity contribution in [1.29, 1.82) is 0 Å². The molecule has 1 unspecified atom stereocenters. The maximum Gasteiger partial charge on any atom is 0.258 e. The molecule has 17 heavy (non-hydrogen) atoms. The predicted molar refractivity (Wildman–Crippen MR) is 66.6 cm³/mol. The Morgan fingerprint density at radius 3 is 2.71 bits per heavy atom. The van der Waals surface area contributed by atoms with E-state index in [1.165, 1.54) is 16.7 Å². The van der Waals surface area contributed by atoms with Gasteiger partial charge in [0.2, 0.25) is 0 Å². The van der Waals surface area contributed by atoms with Crippen LogP contribution in [0.2, 0.25) is 0 Å². The molecule has 2 rings (SSSR count). The van der Waals surface area contributed by atoms with Crippen LogP contribution in [0.4, 0.5) is 4.39 Å². The predicted octanol–water partition coefficient (Wildman–Crippen LogP) is 1.96. The first kappa shape index (κ1) is 11.8. The van der Waals surface area contributed by atoms with Crippen molar-refractivity contribution in [3.05, 3.63) is 46.1 Å². The molecule has 0 aliphatic rings. The van der Waals surface area contributed by atoms with Crippen LogP contribution >= 0.6 is 0 Å². The van der Waals surface area contributed by atoms with Gasteiger partial charge in [-0.2, -0.15) is 0 Å². The molecule has 0 saturated heterocycles. The Labute approximate surface area is 98.9 Å². The fourth-order valence-electron chi connectivity index (χ4n) is 1.97. The number of aromatic nitrogens is 1. The molecule has 2 aromatic rings. The van der Waals surface area contributed by atoms with Crippen LogP contribution in [-0.4, -0.2) is 11.6 Å². The summed E-state index contributed by atoms with van der Waals surface area (Å²) in [5.41, 5.74) is 0.816. The van der Waals surface area contributed by atoms with Crippen molar-refractivity contribution in [2.75, 3.05) is 7.05 Å². The summed E-state index contributed by atoms with van der Waals surface area (Å²) in [5.74, 6) is -0.385. The van der Waals surface area contributed by atoms with Gasteiger partial charge in [-0.15, -0.1) is 0 Å². The van der Waals surface area contributed by atoms with Gasteiger partial charge in [0.15, 0.2) is 0 Å². The fourth-order valence-corrected chi connectivity index (χ4v) is 1.97. The molecule has 1 N–H and O–H groups in total. The lowest BCUT2D eigenvalue weighted by atomic mass is 10.0. The van der Waals surface area contributed by atoms with E-state index in [2.05, 4.69) is 5.32 Å². The van der Waals surface area contributed by atoms with E-state index in [1.54, 1.807) is 19.3 Å². The number of nitrogens with one attached hydrogen (secondary N) is 1. The minimum Gasteiger partial charge on any atom is -0.318 e. The Hall–Kier alpha value is -1.68. The number of fused-ring (bicyclic) bond motifs is 1. The average molecular weight is 234 g/mol. The number of nitrogens with zero attached hydrogens (tertiary/aromatic N) is 1. The lowest BCUT2D eigenvalue weighted by molar-refractivity contribution is 0.627. The summed E-state index contributed by atoms with van der Waals surface area (Å²) in [7, 11) is 3.53. The maximum atomic E-state index is 13.2. The molecule has 0 aliphatic heterocycles. The molecular formula is C13H15FN2O. The minimum atomic E-state index is -0.385. The first-order chi connectivity index (χ1) is 8.04. The zero-order valence-electron chi connectivity index (χ0n) is 10.1. The van der Waals surface area contributed by atoms with Gasteiger partial charge in [-0.05, 0) is 37.1 Å². The Bertz CT molecular complexity index is 619. The van der Waals surface area contributed by atoms with Crippen molar-refractivity contribution in [3.63, 3.8) is 0 Å². The third-order valence-electron chi connectivity index (χ3n) is 3.08. The van der Waals surface area contributed by atoms with Crippen molar-refractivity contribution in [2.45, 2.75) is 13.0 Å². The number of benzene rings is 1. The standard InChI is InChI=1S/C13H15FN2O/c1-8(15-2)12-7-16(3)13(17)11-6-9(14)4-5-10(11)12/h4-8,15H,1-3H3. The van der Waals surface area contributed by atoms with Gasteiger partial charge in [0, 0.05) is 19.3 Å². The highest BCUT2D eigenvalue weighted by atomic mass is 19.1. The third kappa shape index (κ3) is 1.96. The van der Waals surface area contributed by atoms with Gasteiger partial charge >= 0.3 is 0 Å². The van der Waals surface area contributed by atoms with E-state index in [9.17, 15) is 9.18 Å². The number of hydrogen-bond acceptors (Lipinski definition) is 2. The lowest BCUT2D eigenvalue weighted by Crippen LogP contribution is -2.21. The molecule has 0 radical (unpaired) electrons. The van der Waals surface area contributed by atoms with Crippen LogP contribution in [0.5, 0.6) is 0 Å². The van der Waals surface area contributed by atoms with Crippen molar-refractivity contribution < 1.29 is 4.39 Å². The molecule has 0 saturated carbocycles. The van der Waals surface area contributed by atoms with Crippen LogP contribution in [0.15, 0.2) is 29.2 Å². The number of halogens is 1. The molecule has 1 atom stereocenters. The number of aryl methyl sites for hydroxylation is 1. The molecule has 90 valence electrons. The Kier molecular flexibility index (Phi) is 2.98. The van der Waals surface area contributed by atoms with Crippen molar-refractivity contribution in [2.24, 2.45) is 7.05 Å². The molecule has 3 nitrogen and oxygen atoms in total. The maximum absolute atomic E-state index is 13.2. The summed E-state index contributed by atoms with van der Waals surface area (Å²) < 4.78 is 14.7. The fraction of sp³-hybridized carbons (Fsp3) is 0.308. The van der Waals surface area contributed by atoms with E-state index in [0.29, 0.717) is 5.39 Å². The first-order valence-electron chi connectivity index (χ1n) is 5.50. The highest BCUT2D eigenvalue weighted by Gasteiger charge is 2.12. The number of hydrogen-bond donors (Lipinski definition) is 1. The highest BCUT2D eigenvalue weighted by molar-refractivity contribution is 5.85. The molecule has 1 aromatic heterocycles. The first-order valence-corrected chi connectivity index (χ1v) is 5.50. The molecular weight excluding hydrogens is 219 g/mol. The second kappa shape index (κ2) is 4.30. The Balaban J connectivity index is 2.87. The van der Waals surface area contributed by atoms with E-state index in [1.807, 2.05) is 14.0 Å². The van der Waals surface area contributed by atoms with Crippen LogP contribution in [0.25, 0.3) is 10.8 Å². The van der Waals surface area contributed by atoms with Gasteiger partial charge in [-0.25, -0.2) is 4.39 Å². The topological polar surface area (TPSA) is 34.0 Å². The smallest absolute Gasteiger partial charge is 0.258 e. The normalized spacial score (nSPS) is 12.9. The summed E-state index contributed by atoms with van der Waals surface area (Å²) in [6.07, 6.45) is 1.80. The van der Waals surface area contributed by atoms with Crippen molar-refractivity contribution in [1.82, 2.24) is 9.88 Å². The summed E-state index contributed by atoms with van der Waals surface area (Å²) in [6, 6.07) is 4.45. The van der Waals surface area contributed by atoms with E-state index in [4.69, 9.17) is 0 Å². The van der Waals surface area contributed by atoms with Gasteiger partial charge in [-0.1, -0.05) is 6.07 Å². The Morgan fingerprint density at radius 1 is 1.35 bits per heavy atom. The highest BCUT2D eigenvalue weighted by Crippen LogP contribution is 2.22. The van der Waals surface area contributed by atoms with Gasteiger partial charge in [0.1, 0.15) is 5.82 Å². The molecule has 0 spiro atoms. The van der Waals surface area contributed by atoms with Crippen LogP contribution in [0.1, 0.15) is 18.5 Å². The van der Waals surface area contributed by atoms with Crippen LogP contribution < -0.4 is 10.9 Å².